The molecule has 128 valence electrons. The standard InChI is InChI=1S/C16H13N3O5S/c1-10-7-11-5-6-12(8-15(11)17-16(10)20)18-25(23,24)14-4-2-3-13(9-14)19(21)22/h2-9,18H,1H3,(H,17,20). The number of nitrogens with one attached hydrogen (secondary N) is 2. The van der Waals surface area contributed by atoms with Gasteiger partial charge in [0.15, 0.2) is 0 Å². The summed E-state index contributed by atoms with van der Waals surface area (Å²) in [4.78, 5) is 24.3. The molecule has 2 N–H and O–H groups in total. The number of non-ortho nitro benzene ring substituents is 1. The maximum Gasteiger partial charge on any atom is 0.270 e. The summed E-state index contributed by atoms with van der Waals surface area (Å²) in [6.45, 7) is 1.68. The Labute approximate surface area is 142 Å². The Hall–Kier alpha value is -3.20. The molecule has 1 heterocycles. The Balaban J connectivity index is 1.99. The Kier molecular flexibility index (Phi) is 4.01. The van der Waals surface area contributed by atoms with Crippen LogP contribution >= 0.6 is 0 Å². The van der Waals surface area contributed by atoms with Crippen molar-refractivity contribution >= 4 is 32.3 Å². The molecule has 0 aliphatic carbocycles. The Morgan fingerprint density at radius 3 is 2.60 bits per heavy atom. The number of rotatable bonds is 4. The molecule has 9 heteroatoms. The van der Waals surface area contributed by atoms with E-state index in [-0.39, 0.29) is 21.8 Å². The van der Waals surface area contributed by atoms with Gasteiger partial charge in [0.1, 0.15) is 0 Å². The SMILES string of the molecule is Cc1cc2ccc(NS(=O)(=O)c3cccc([N+](=O)[O-])c3)cc2[nH]c1=O. The van der Waals surface area contributed by atoms with Gasteiger partial charge in [0.2, 0.25) is 0 Å². The van der Waals surface area contributed by atoms with Crippen LogP contribution < -0.4 is 10.3 Å². The fourth-order valence-corrected chi connectivity index (χ4v) is 3.44. The smallest absolute Gasteiger partial charge is 0.270 e. The minimum atomic E-state index is -4.00. The highest BCUT2D eigenvalue weighted by molar-refractivity contribution is 7.92. The van der Waals surface area contributed by atoms with E-state index in [1.165, 1.54) is 24.3 Å². The second kappa shape index (κ2) is 6.02. The van der Waals surface area contributed by atoms with E-state index in [2.05, 4.69) is 9.71 Å². The molecule has 3 aromatic rings. The number of nitrogens with zero attached hydrogens (tertiary/aromatic N) is 1. The predicted octanol–water partition coefficient (Wildman–Crippen LogP) is 2.55. The molecule has 0 saturated carbocycles. The molecule has 0 aliphatic rings. The van der Waals surface area contributed by atoms with Crippen molar-refractivity contribution in [3.05, 3.63) is 74.6 Å². The lowest BCUT2D eigenvalue weighted by atomic mass is 10.1. The zero-order valence-electron chi connectivity index (χ0n) is 13.0. The summed E-state index contributed by atoms with van der Waals surface area (Å²) in [5.41, 5.74) is 0.693. The maximum absolute atomic E-state index is 12.4. The van der Waals surface area contributed by atoms with E-state index in [1.807, 2.05) is 0 Å². The lowest BCUT2D eigenvalue weighted by molar-refractivity contribution is -0.385. The summed E-state index contributed by atoms with van der Waals surface area (Å²) in [6, 6.07) is 11.2. The van der Waals surface area contributed by atoms with Crippen molar-refractivity contribution in [1.82, 2.24) is 4.98 Å². The molecule has 0 radical (unpaired) electrons. The Bertz CT molecular complexity index is 1150. The third-order valence-electron chi connectivity index (χ3n) is 3.62. The van der Waals surface area contributed by atoms with Gasteiger partial charge < -0.3 is 4.98 Å². The fourth-order valence-electron chi connectivity index (χ4n) is 2.35. The number of sulfonamides is 1. The number of benzene rings is 2. The minimum Gasteiger partial charge on any atom is -0.322 e. The van der Waals surface area contributed by atoms with E-state index < -0.39 is 14.9 Å². The van der Waals surface area contributed by atoms with Crippen LogP contribution in [-0.4, -0.2) is 18.3 Å². The van der Waals surface area contributed by atoms with Gasteiger partial charge in [0.25, 0.3) is 21.3 Å². The third-order valence-corrected chi connectivity index (χ3v) is 5.00. The van der Waals surface area contributed by atoms with E-state index in [0.29, 0.717) is 11.1 Å². The van der Waals surface area contributed by atoms with E-state index in [1.54, 1.807) is 25.1 Å². The second-order valence-corrected chi connectivity index (χ2v) is 7.13. The molecule has 8 nitrogen and oxygen atoms in total. The number of nitro groups is 1. The molecule has 0 spiro atoms. The van der Waals surface area contributed by atoms with E-state index in [9.17, 15) is 23.3 Å². The molecule has 0 amide bonds. The maximum atomic E-state index is 12.4. The molecule has 1 aromatic heterocycles. The van der Waals surface area contributed by atoms with Gasteiger partial charge in [-0.2, -0.15) is 0 Å². The van der Waals surface area contributed by atoms with Crippen LogP contribution in [0.5, 0.6) is 0 Å². The van der Waals surface area contributed by atoms with Crippen molar-refractivity contribution in [3.63, 3.8) is 0 Å². The largest absolute Gasteiger partial charge is 0.322 e. The van der Waals surface area contributed by atoms with Gasteiger partial charge >= 0.3 is 0 Å². The lowest BCUT2D eigenvalue weighted by Crippen LogP contribution is -2.13. The normalized spacial score (nSPS) is 11.4. The molecule has 0 bridgehead atoms. The van der Waals surface area contributed by atoms with Crippen LogP contribution in [-0.2, 0) is 10.0 Å². The first-order chi connectivity index (χ1) is 11.8. The highest BCUT2D eigenvalue weighted by atomic mass is 32.2. The van der Waals surface area contributed by atoms with Gasteiger partial charge in [-0.05, 0) is 36.6 Å². The Morgan fingerprint density at radius 1 is 1.12 bits per heavy atom. The Morgan fingerprint density at radius 2 is 1.88 bits per heavy atom. The molecule has 0 unspecified atom stereocenters. The average molecular weight is 359 g/mol. The summed E-state index contributed by atoms with van der Waals surface area (Å²) in [7, 11) is -4.00. The number of aryl methyl sites for hydroxylation is 1. The van der Waals surface area contributed by atoms with Crippen LogP contribution in [0.1, 0.15) is 5.56 Å². The molecule has 25 heavy (non-hydrogen) atoms. The zero-order valence-corrected chi connectivity index (χ0v) is 13.8. The summed E-state index contributed by atoms with van der Waals surface area (Å²) < 4.78 is 27.2. The molecule has 2 aromatic carbocycles. The molecule has 0 saturated heterocycles. The van der Waals surface area contributed by atoms with E-state index >= 15 is 0 Å². The van der Waals surface area contributed by atoms with Gasteiger partial charge in [0.05, 0.1) is 21.0 Å². The third kappa shape index (κ3) is 3.36. The van der Waals surface area contributed by atoms with Crippen LogP contribution in [0.25, 0.3) is 10.9 Å². The van der Waals surface area contributed by atoms with Crippen LogP contribution in [0, 0.1) is 17.0 Å². The van der Waals surface area contributed by atoms with Crippen molar-refractivity contribution in [2.45, 2.75) is 11.8 Å². The number of aromatic amines is 1. The summed E-state index contributed by atoms with van der Waals surface area (Å²) >= 11 is 0. The van der Waals surface area contributed by atoms with Crippen LogP contribution in [0.4, 0.5) is 11.4 Å². The number of nitro benzene ring substituents is 1. The van der Waals surface area contributed by atoms with Gasteiger partial charge in [-0.3, -0.25) is 19.6 Å². The van der Waals surface area contributed by atoms with Crippen LogP contribution in [0.15, 0.2) is 58.2 Å². The summed E-state index contributed by atoms with van der Waals surface area (Å²) in [5.74, 6) is 0. The quantitative estimate of drug-likeness (QED) is 0.547. The second-order valence-electron chi connectivity index (χ2n) is 5.44. The number of hydrogen-bond donors (Lipinski definition) is 2. The van der Waals surface area contributed by atoms with Crippen molar-refractivity contribution < 1.29 is 13.3 Å². The molecule has 0 aliphatic heterocycles. The number of aromatic nitrogens is 1. The lowest BCUT2D eigenvalue weighted by Gasteiger charge is -2.09. The van der Waals surface area contributed by atoms with Crippen molar-refractivity contribution in [2.75, 3.05) is 4.72 Å². The monoisotopic (exact) mass is 359 g/mol. The first-order valence-corrected chi connectivity index (χ1v) is 8.65. The van der Waals surface area contributed by atoms with Gasteiger partial charge in [-0.15, -0.1) is 0 Å². The number of pyridine rings is 1. The summed E-state index contributed by atoms with van der Waals surface area (Å²) in [5, 5.41) is 11.6. The number of fused-ring (bicyclic) bond motifs is 1. The van der Waals surface area contributed by atoms with Crippen molar-refractivity contribution in [3.8, 4) is 0 Å². The molecule has 3 rings (SSSR count). The number of anilines is 1. The van der Waals surface area contributed by atoms with Crippen molar-refractivity contribution in [2.24, 2.45) is 0 Å². The van der Waals surface area contributed by atoms with Crippen LogP contribution in [0.3, 0.4) is 0 Å². The first kappa shape index (κ1) is 16.7. The van der Waals surface area contributed by atoms with Gasteiger partial charge in [-0.25, -0.2) is 8.42 Å². The van der Waals surface area contributed by atoms with Crippen molar-refractivity contribution in [1.29, 1.82) is 0 Å². The minimum absolute atomic E-state index is 0.223. The topological polar surface area (TPSA) is 122 Å². The highest BCUT2D eigenvalue weighted by Gasteiger charge is 2.18. The predicted molar refractivity (Wildman–Crippen MR) is 93.2 cm³/mol. The molecular weight excluding hydrogens is 346 g/mol. The highest BCUT2D eigenvalue weighted by Crippen LogP contribution is 2.22. The van der Waals surface area contributed by atoms with Gasteiger partial charge in [0, 0.05) is 17.7 Å². The summed E-state index contributed by atoms with van der Waals surface area (Å²) in [6.07, 6.45) is 0. The van der Waals surface area contributed by atoms with E-state index in [4.69, 9.17) is 0 Å². The average Bonchev–Trinajstić information content (AvgIpc) is 2.56. The zero-order chi connectivity index (χ0) is 18.2. The van der Waals surface area contributed by atoms with Crippen LogP contribution in [0.2, 0.25) is 0 Å². The molecule has 0 fully saturated rings. The fraction of sp³-hybridized carbons (Fsp3) is 0.0625. The van der Waals surface area contributed by atoms with Gasteiger partial charge in [-0.1, -0.05) is 12.1 Å². The number of H-pyrrole nitrogens is 1. The molecule has 0 atom stereocenters. The van der Waals surface area contributed by atoms with E-state index in [0.717, 1.165) is 11.5 Å². The number of hydrogen-bond acceptors (Lipinski definition) is 5. The molecular formula is C16H13N3O5S. The first-order valence-electron chi connectivity index (χ1n) is 7.17.